The Kier molecular flexibility index (Phi) is 4.45. The Hall–Kier alpha value is -3.42. The number of nitrogens with one attached hydrogen (secondary N) is 1. The van der Waals surface area contributed by atoms with Gasteiger partial charge in [-0.15, -0.1) is 0 Å². The van der Waals surface area contributed by atoms with E-state index in [2.05, 4.69) is 30.0 Å². The molecule has 0 bridgehead atoms. The van der Waals surface area contributed by atoms with Gasteiger partial charge in [0.05, 0.1) is 31.4 Å². The van der Waals surface area contributed by atoms with Crippen LogP contribution in [0.5, 0.6) is 5.88 Å². The number of rotatable bonds is 6. The maximum atomic E-state index is 5.22. The number of methoxy groups -OCH3 is 1. The first-order valence-electron chi connectivity index (χ1n) is 8.62. The zero-order valence-corrected chi connectivity index (χ0v) is 15.4. The number of aromatic nitrogens is 5. The zero-order valence-electron chi connectivity index (χ0n) is 15.4. The van der Waals surface area contributed by atoms with Gasteiger partial charge in [0, 0.05) is 18.3 Å². The maximum Gasteiger partial charge on any atom is 0.213 e. The summed E-state index contributed by atoms with van der Waals surface area (Å²) in [7, 11) is 1.61. The fourth-order valence-corrected chi connectivity index (χ4v) is 2.99. The number of anilines is 1. The predicted octanol–water partition coefficient (Wildman–Crippen LogP) is 3.10. The van der Waals surface area contributed by atoms with E-state index in [1.54, 1.807) is 7.11 Å². The van der Waals surface area contributed by atoms with Gasteiger partial charge in [-0.1, -0.05) is 11.2 Å². The summed E-state index contributed by atoms with van der Waals surface area (Å²) in [5, 5.41) is 7.37. The van der Waals surface area contributed by atoms with Crippen LogP contribution in [0.1, 0.15) is 23.0 Å². The van der Waals surface area contributed by atoms with Crippen molar-refractivity contribution >= 4 is 16.9 Å². The third-order valence-electron chi connectivity index (χ3n) is 4.16. The van der Waals surface area contributed by atoms with Crippen LogP contribution in [-0.4, -0.2) is 31.8 Å². The topological polar surface area (TPSA) is 90.9 Å². The second-order valence-corrected chi connectivity index (χ2v) is 6.25. The largest absolute Gasteiger partial charge is 0.481 e. The van der Waals surface area contributed by atoms with E-state index >= 15 is 0 Å². The summed E-state index contributed by atoms with van der Waals surface area (Å²) in [5.41, 5.74) is 3.52. The lowest BCUT2D eigenvalue weighted by Crippen LogP contribution is -2.08. The highest BCUT2D eigenvalue weighted by atomic mass is 16.5. The second-order valence-electron chi connectivity index (χ2n) is 6.25. The van der Waals surface area contributed by atoms with Crippen LogP contribution in [0.3, 0.4) is 0 Å². The van der Waals surface area contributed by atoms with Crippen molar-refractivity contribution in [3.05, 3.63) is 59.5 Å². The molecule has 0 aliphatic carbocycles. The van der Waals surface area contributed by atoms with Crippen LogP contribution in [0.2, 0.25) is 0 Å². The number of hydrogen-bond donors (Lipinski definition) is 1. The minimum atomic E-state index is 0.519. The molecule has 4 aromatic heterocycles. The molecule has 0 amide bonds. The molecule has 0 radical (unpaired) electrons. The molecule has 0 saturated heterocycles. The number of pyridine rings is 1. The minimum absolute atomic E-state index is 0.519. The molecule has 4 rings (SSSR count). The molecule has 0 aromatic carbocycles. The van der Waals surface area contributed by atoms with E-state index in [0.717, 1.165) is 34.0 Å². The van der Waals surface area contributed by atoms with Crippen LogP contribution in [0.15, 0.2) is 41.1 Å². The lowest BCUT2D eigenvalue weighted by Gasteiger charge is -2.11. The smallest absolute Gasteiger partial charge is 0.213 e. The molecule has 4 heterocycles. The van der Waals surface area contributed by atoms with Gasteiger partial charge < -0.3 is 19.1 Å². The summed E-state index contributed by atoms with van der Waals surface area (Å²) in [6, 6.07) is 9.61. The van der Waals surface area contributed by atoms with Crippen LogP contribution in [0, 0.1) is 13.8 Å². The molecule has 0 spiro atoms. The molecule has 8 nitrogen and oxygen atoms in total. The van der Waals surface area contributed by atoms with Gasteiger partial charge in [-0.2, -0.15) is 0 Å². The highest BCUT2D eigenvalue weighted by molar-refractivity contribution is 5.86. The fraction of sp³-hybridized carbons (Fsp3) is 0.263. The Bertz CT molecular complexity index is 1080. The molecular weight excluding hydrogens is 344 g/mol. The average molecular weight is 364 g/mol. The van der Waals surface area contributed by atoms with Crippen LogP contribution in [-0.2, 0) is 13.1 Å². The normalized spacial score (nSPS) is 11.1. The minimum Gasteiger partial charge on any atom is -0.481 e. The molecule has 0 fully saturated rings. The Morgan fingerprint density at radius 3 is 2.78 bits per heavy atom. The van der Waals surface area contributed by atoms with E-state index in [1.165, 1.54) is 0 Å². The van der Waals surface area contributed by atoms with Crippen molar-refractivity contribution in [1.82, 2.24) is 24.7 Å². The first-order chi connectivity index (χ1) is 13.1. The third kappa shape index (κ3) is 3.59. The summed E-state index contributed by atoms with van der Waals surface area (Å²) >= 11 is 0. The van der Waals surface area contributed by atoms with Crippen molar-refractivity contribution in [3.8, 4) is 5.88 Å². The second kappa shape index (κ2) is 7.06. The summed E-state index contributed by atoms with van der Waals surface area (Å²) < 4.78 is 12.4. The average Bonchev–Trinajstić information content (AvgIpc) is 3.26. The quantitative estimate of drug-likeness (QED) is 0.562. The standard InChI is InChI=1S/C19H20N6O2/c1-12-9-15(24-27-12)10-20-19-18-16(21-13(2)22-19)7-8-25(18)11-14-5-4-6-17(23-14)26-3/h4-9H,10-11H2,1-3H3,(H,20,21,22). The van der Waals surface area contributed by atoms with Crippen LogP contribution in [0.4, 0.5) is 5.82 Å². The van der Waals surface area contributed by atoms with Gasteiger partial charge in [-0.05, 0) is 26.0 Å². The number of fused-ring (bicyclic) bond motifs is 1. The molecule has 0 unspecified atom stereocenters. The number of aryl methyl sites for hydroxylation is 2. The molecule has 4 aromatic rings. The van der Waals surface area contributed by atoms with Crippen molar-refractivity contribution in [1.29, 1.82) is 0 Å². The molecule has 0 atom stereocenters. The molecule has 1 N–H and O–H groups in total. The van der Waals surface area contributed by atoms with E-state index in [1.807, 2.05) is 50.4 Å². The van der Waals surface area contributed by atoms with E-state index in [9.17, 15) is 0 Å². The number of hydrogen-bond acceptors (Lipinski definition) is 7. The van der Waals surface area contributed by atoms with E-state index < -0.39 is 0 Å². The third-order valence-corrected chi connectivity index (χ3v) is 4.16. The van der Waals surface area contributed by atoms with Gasteiger partial charge in [-0.25, -0.2) is 15.0 Å². The fourth-order valence-electron chi connectivity index (χ4n) is 2.99. The summed E-state index contributed by atoms with van der Waals surface area (Å²) in [6.45, 7) is 4.86. The zero-order chi connectivity index (χ0) is 18.8. The summed E-state index contributed by atoms with van der Waals surface area (Å²) in [6.07, 6.45) is 1.99. The Balaban J connectivity index is 1.67. The van der Waals surface area contributed by atoms with Crippen molar-refractivity contribution in [2.24, 2.45) is 0 Å². The van der Waals surface area contributed by atoms with Gasteiger partial charge in [-0.3, -0.25) is 0 Å². The Morgan fingerprint density at radius 1 is 1.11 bits per heavy atom. The highest BCUT2D eigenvalue weighted by Gasteiger charge is 2.13. The van der Waals surface area contributed by atoms with Crippen LogP contribution < -0.4 is 10.1 Å². The number of nitrogens with zero attached hydrogens (tertiary/aromatic N) is 5. The first kappa shape index (κ1) is 17.0. The Labute approximate surface area is 156 Å². The van der Waals surface area contributed by atoms with E-state index in [-0.39, 0.29) is 0 Å². The van der Waals surface area contributed by atoms with E-state index in [4.69, 9.17) is 9.26 Å². The van der Waals surface area contributed by atoms with Crippen molar-refractivity contribution in [3.63, 3.8) is 0 Å². The van der Waals surface area contributed by atoms with Crippen molar-refractivity contribution in [2.45, 2.75) is 26.9 Å². The van der Waals surface area contributed by atoms with Gasteiger partial charge in [0.2, 0.25) is 5.88 Å². The molecule has 27 heavy (non-hydrogen) atoms. The van der Waals surface area contributed by atoms with Crippen molar-refractivity contribution < 1.29 is 9.26 Å². The predicted molar refractivity (Wildman–Crippen MR) is 101 cm³/mol. The molecule has 8 heteroatoms. The van der Waals surface area contributed by atoms with Gasteiger partial charge in [0.1, 0.15) is 22.8 Å². The number of ether oxygens (including phenoxy) is 1. The Morgan fingerprint density at radius 2 is 2.00 bits per heavy atom. The van der Waals surface area contributed by atoms with E-state index in [0.29, 0.717) is 24.8 Å². The monoisotopic (exact) mass is 364 g/mol. The summed E-state index contributed by atoms with van der Waals surface area (Å²) in [4.78, 5) is 13.6. The molecular formula is C19H20N6O2. The molecule has 0 aliphatic rings. The van der Waals surface area contributed by atoms with Crippen LogP contribution >= 0.6 is 0 Å². The highest BCUT2D eigenvalue weighted by Crippen LogP contribution is 2.23. The summed E-state index contributed by atoms with van der Waals surface area (Å²) in [5.74, 6) is 2.84. The molecule has 0 aliphatic heterocycles. The van der Waals surface area contributed by atoms with Crippen LogP contribution in [0.25, 0.3) is 11.0 Å². The lowest BCUT2D eigenvalue weighted by atomic mass is 10.3. The lowest BCUT2D eigenvalue weighted by molar-refractivity contribution is 0.391. The first-order valence-corrected chi connectivity index (χ1v) is 8.62. The maximum absolute atomic E-state index is 5.22. The van der Waals surface area contributed by atoms with Crippen molar-refractivity contribution in [2.75, 3.05) is 12.4 Å². The molecule has 138 valence electrons. The SMILES string of the molecule is COc1cccc(Cn2ccc3nc(C)nc(NCc4cc(C)on4)c32)n1. The van der Waals surface area contributed by atoms with Gasteiger partial charge >= 0.3 is 0 Å². The molecule has 0 saturated carbocycles. The van der Waals surface area contributed by atoms with Gasteiger partial charge in [0.15, 0.2) is 5.82 Å². The van der Waals surface area contributed by atoms with Gasteiger partial charge in [0.25, 0.3) is 0 Å².